The molecule has 1 saturated heterocycles. The third-order valence-corrected chi connectivity index (χ3v) is 4.46. The highest BCUT2D eigenvalue weighted by molar-refractivity contribution is 5.85. The highest BCUT2D eigenvalue weighted by Crippen LogP contribution is 2.26. The molecule has 0 aromatic heterocycles. The lowest BCUT2D eigenvalue weighted by molar-refractivity contribution is 0.144. The summed E-state index contributed by atoms with van der Waals surface area (Å²) in [4.78, 5) is 2.54. The van der Waals surface area contributed by atoms with Crippen LogP contribution in [0.4, 0.5) is 0 Å². The van der Waals surface area contributed by atoms with E-state index in [1.54, 1.807) is 7.11 Å². The number of nitrogens with zero attached hydrogens (tertiary/aromatic N) is 1. The summed E-state index contributed by atoms with van der Waals surface area (Å²) >= 11 is 0. The van der Waals surface area contributed by atoms with Crippen molar-refractivity contribution in [3.05, 3.63) is 28.8 Å². The zero-order valence-electron chi connectivity index (χ0n) is 12.8. The summed E-state index contributed by atoms with van der Waals surface area (Å²) in [5.74, 6) is 0.982. The maximum absolute atomic E-state index is 5.90. The molecule has 1 aliphatic rings. The molecule has 1 unspecified atom stereocenters. The van der Waals surface area contributed by atoms with Crippen LogP contribution in [0, 0.1) is 13.8 Å². The first-order chi connectivity index (χ1) is 9.17. The van der Waals surface area contributed by atoms with Crippen LogP contribution in [0.5, 0.6) is 5.75 Å². The minimum absolute atomic E-state index is 0. The topological polar surface area (TPSA) is 38.5 Å². The van der Waals surface area contributed by atoms with E-state index < -0.39 is 0 Å². The van der Waals surface area contributed by atoms with Crippen LogP contribution in [0.25, 0.3) is 0 Å². The molecule has 1 aromatic rings. The third-order valence-electron chi connectivity index (χ3n) is 4.46. The molecule has 1 atom stereocenters. The number of nitrogens with two attached hydrogens (primary N) is 1. The number of rotatable bonds is 4. The third kappa shape index (κ3) is 3.66. The van der Waals surface area contributed by atoms with Crippen molar-refractivity contribution in [3.8, 4) is 5.75 Å². The van der Waals surface area contributed by atoms with Crippen LogP contribution in [-0.4, -0.2) is 31.1 Å². The molecule has 0 bridgehead atoms. The van der Waals surface area contributed by atoms with Gasteiger partial charge in [0.05, 0.1) is 7.11 Å². The van der Waals surface area contributed by atoms with Gasteiger partial charge in [-0.2, -0.15) is 0 Å². The predicted octanol–water partition coefficient (Wildman–Crippen LogP) is 3.05. The fraction of sp³-hybridized carbons (Fsp3) is 0.625. The van der Waals surface area contributed by atoms with E-state index in [0.29, 0.717) is 6.04 Å². The Balaban J connectivity index is 0.00000200. The number of benzene rings is 1. The standard InChI is InChI=1S/C16H26N2O.ClH/c1-12-13(2)16(19-3)8-7-14(12)11-18-9-5-4-6-15(18)10-17;/h7-8,15H,4-6,9-11,17H2,1-3H3;1H. The second-order valence-electron chi connectivity index (χ2n) is 5.53. The Morgan fingerprint density at radius 3 is 2.65 bits per heavy atom. The van der Waals surface area contributed by atoms with E-state index in [9.17, 15) is 0 Å². The van der Waals surface area contributed by atoms with E-state index in [1.165, 1.54) is 42.5 Å². The molecule has 20 heavy (non-hydrogen) atoms. The van der Waals surface area contributed by atoms with E-state index in [-0.39, 0.29) is 12.4 Å². The van der Waals surface area contributed by atoms with Gasteiger partial charge in [-0.15, -0.1) is 12.4 Å². The van der Waals surface area contributed by atoms with Gasteiger partial charge in [-0.1, -0.05) is 12.5 Å². The van der Waals surface area contributed by atoms with Gasteiger partial charge in [0.1, 0.15) is 5.75 Å². The van der Waals surface area contributed by atoms with E-state index in [4.69, 9.17) is 10.5 Å². The second-order valence-corrected chi connectivity index (χ2v) is 5.53. The van der Waals surface area contributed by atoms with E-state index >= 15 is 0 Å². The molecule has 0 saturated carbocycles. The summed E-state index contributed by atoms with van der Waals surface area (Å²) in [6.07, 6.45) is 3.86. The molecule has 3 nitrogen and oxygen atoms in total. The lowest BCUT2D eigenvalue weighted by Crippen LogP contribution is -2.43. The Hall–Kier alpha value is -0.770. The Kier molecular flexibility index (Phi) is 6.80. The smallest absolute Gasteiger partial charge is 0.122 e. The maximum atomic E-state index is 5.90. The van der Waals surface area contributed by atoms with Gasteiger partial charge in [0.15, 0.2) is 0 Å². The summed E-state index contributed by atoms with van der Waals surface area (Å²) in [6, 6.07) is 4.83. The van der Waals surface area contributed by atoms with Gasteiger partial charge in [-0.05, 0) is 56.0 Å². The van der Waals surface area contributed by atoms with E-state index in [0.717, 1.165) is 18.8 Å². The van der Waals surface area contributed by atoms with Crippen molar-refractivity contribution >= 4 is 12.4 Å². The number of hydrogen-bond acceptors (Lipinski definition) is 3. The Morgan fingerprint density at radius 1 is 1.25 bits per heavy atom. The molecule has 114 valence electrons. The molecule has 1 aromatic carbocycles. The minimum Gasteiger partial charge on any atom is -0.496 e. The lowest BCUT2D eigenvalue weighted by Gasteiger charge is -2.35. The average Bonchev–Trinajstić information content (AvgIpc) is 2.45. The van der Waals surface area contributed by atoms with Crippen LogP contribution >= 0.6 is 12.4 Å². The first kappa shape index (κ1) is 17.3. The van der Waals surface area contributed by atoms with E-state index in [1.807, 2.05) is 0 Å². The monoisotopic (exact) mass is 298 g/mol. The molecule has 2 N–H and O–H groups in total. The maximum Gasteiger partial charge on any atom is 0.122 e. The van der Waals surface area contributed by atoms with Crippen molar-refractivity contribution in [1.29, 1.82) is 0 Å². The number of piperidine rings is 1. The molecule has 0 amide bonds. The van der Waals surface area contributed by atoms with Crippen molar-refractivity contribution in [3.63, 3.8) is 0 Å². The molecule has 1 fully saturated rings. The first-order valence-electron chi connectivity index (χ1n) is 7.24. The fourth-order valence-electron chi connectivity index (χ4n) is 3.00. The molecule has 0 spiro atoms. The zero-order chi connectivity index (χ0) is 13.8. The number of methoxy groups -OCH3 is 1. The average molecular weight is 299 g/mol. The molecule has 1 aliphatic heterocycles. The molecule has 0 aliphatic carbocycles. The van der Waals surface area contributed by atoms with Crippen LogP contribution in [0.15, 0.2) is 12.1 Å². The predicted molar refractivity (Wildman–Crippen MR) is 86.8 cm³/mol. The molecule has 2 rings (SSSR count). The number of hydrogen-bond donors (Lipinski definition) is 1. The highest BCUT2D eigenvalue weighted by atomic mass is 35.5. The Morgan fingerprint density at radius 2 is 2.00 bits per heavy atom. The number of likely N-dealkylation sites (tertiary alicyclic amines) is 1. The van der Waals surface area contributed by atoms with Crippen molar-refractivity contribution in [2.75, 3.05) is 20.2 Å². The quantitative estimate of drug-likeness (QED) is 0.928. The summed E-state index contributed by atoms with van der Waals surface area (Å²) in [7, 11) is 1.73. The highest BCUT2D eigenvalue weighted by Gasteiger charge is 2.21. The molecular formula is C16H27ClN2O. The van der Waals surface area contributed by atoms with Crippen molar-refractivity contribution < 1.29 is 4.74 Å². The summed E-state index contributed by atoms with van der Waals surface area (Å²) < 4.78 is 5.38. The molecule has 0 radical (unpaired) electrons. The molecule has 1 heterocycles. The Bertz CT molecular complexity index is 437. The van der Waals surface area contributed by atoms with Crippen LogP contribution in [0.2, 0.25) is 0 Å². The van der Waals surface area contributed by atoms with Crippen LogP contribution in [0.3, 0.4) is 0 Å². The van der Waals surface area contributed by atoms with Gasteiger partial charge in [0, 0.05) is 19.1 Å². The second kappa shape index (κ2) is 7.87. The first-order valence-corrected chi connectivity index (χ1v) is 7.24. The van der Waals surface area contributed by atoms with Gasteiger partial charge in [-0.3, -0.25) is 4.90 Å². The van der Waals surface area contributed by atoms with Crippen LogP contribution in [0.1, 0.15) is 36.0 Å². The Labute approximate surface area is 128 Å². The molecule has 4 heteroatoms. The normalized spacial score (nSPS) is 19.5. The van der Waals surface area contributed by atoms with Gasteiger partial charge in [0.2, 0.25) is 0 Å². The number of ether oxygens (including phenoxy) is 1. The largest absolute Gasteiger partial charge is 0.496 e. The minimum atomic E-state index is 0. The lowest BCUT2D eigenvalue weighted by atomic mass is 9.98. The summed E-state index contributed by atoms with van der Waals surface area (Å²) in [5, 5.41) is 0. The molecular weight excluding hydrogens is 272 g/mol. The van der Waals surface area contributed by atoms with Crippen molar-refractivity contribution in [2.45, 2.75) is 45.7 Å². The summed E-state index contributed by atoms with van der Waals surface area (Å²) in [5.41, 5.74) is 9.90. The zero-order valence-corrected chi connectivity index (χ0v) is 13.6. The van der Waals surface area contributed by atoms with E-state index in [2.05, 4.69) is 30.9 Å². The summed E-state index contributed by atoms with van der Waals surface area (Å²) in [6.45, 7) is 7.28. The van der Waals surface area contributed by atoms with Crippen LogP contribution in [-0.2, 0) is 6.54 Å². The number of halogens is 1. The van der Waals surface area contributed by atoms with Crippen molar-refractivity contribution in [2.24, 2.45) is 5.73 Å². The SMILES string of the molecule is COc1ccc(CN2CCCCC2CN)c(C)c1C.Cl. The van der Waals surface area contributed by atoms with Gasteiger partial charge < -0.3 is 10.5 Å². The van der Waals surface area contributed by atoms with Gasteiger partial charge >= 0.3 is 0 Å². The van der Waals surface area contributed by atoms with Crippen molar-refractivity contribution in [1.82, 2.24) is 4.90 Å². The van der Waals surface area contributed by atoms with Gasteiger partial charge in [-0.25, -0.2) is 0 Å². The van der Waals surface area contributed by atoms with Crippen LogP contribution < -0.4 is 10.5 Å². The fourth-order valence-corrected chi connectivity index (χ4v) is 3.00. The van der Waals surface area contributed by atoms with Gasteiger partial charge in [0.25, 0.3) is 0 Å².